The zero-order valence-corrected chi connectivity index (χ0v) is 47.8. The predicted molar refractivity (Wildman–Crippen MR) is 306 cm³/mol. The highest BCUT2D eigenvalue weighted by molar-refractivity contribution is 5.76. The lowest BCUT2D eigenvalue weighted by atomic mass is 10.0. The molecule has 0 aromatic heterocycles. The molecule has 0 fully saturated rings. The summed E-state index contributed by atoms with van der Waals surface area (Å²) >= 11 is 0. The fourth-order valence-electron chi connectivity index (χ4n) is 10.5. The third kappa shape index (κ3) is 56.2. The quantitative estimate of drug-likeness (QED) is 0.0417. The number of esters is 1. The van der Waals surface area contributed by atoms with E-state index >= 15 is 0 Å². The van der Waals surface area contributed by atoms with Crippen molar-refractivity contribution in [2.75, 3.05) is 13.2 Å². The van der Waals surface area contributed by atoms with Crippen molar-refractivity contribution in [2.45, 2.75) is 386 Å². The molecule has 0 spiro atoms. The molecule has 0 radical (unpaired) electrons. The van der Waals surface area contributed by atoms with Gasteiger partial charge in [0.05, 0.1) is 25.4 Å². The van der Waals surface area contributed by atoms with E-state index in [9.17, 15) is 19.8 Å². The number of carbonyl (C=O) groups is 2. The van der Waals surface area contributed by atoms with E-state index in [0.717, 1.165) is 38.5 Å². The Morgan fingerprint density at radius 1 is 0.343 bits per heavy atom. The third-order valence-corrected chi connectivity index (χ3v) is 15.4. The highest BCUT2D eigenvalue weighted by atomic mass is 16.5. The Kier molecular flexibility index (Phi) is 59.4. The lowest BCUT2D eigenvalue weighted by Crippen LogP contribution is -2.45. The van der Waals surface area contributed by atoms with Crippen LogP contribution in [0.3, 0.4) is 0 Å². The van der Waals surface area contributed by atoms with Crippen molar-refractivity contribution < 1.29 is 24.5 Å². The van der Waals surface area contributed by atoms with Crippen LogP contribution in [-0.2, 0) is 14.3 Å². The first-order valence-corrected chi connectivity index (χ1v) is 32.3. The van der Waals surface area contributed by atoms with E-state index in [2.05, 4.69) is 19.2 Å². The number of amides is 1. The molecule has 0 aromatic rings. The number of hydrogen-bond donors (Lipinski definition) is 3. The summed E-state index contributed by atoms with van der Waals surface area (Å²) in [5.74, 6) is -0.0172. The van der Waals surface area contributed by atoms with Gasteiger partial charge in [0, 0.05) is 12.8 Å². The zero-order valence-electron chi connectivity index (χ0n) is 47.8. The molecule has 0 aromatic carbocycles. The van der Waals surface area contributed by atoms with E-state index in [1.165, 1.54) is 302 Å². The van der Waals surface area contributed by atoms with Crippen molar-refractivity contribution in [1.82, 2.24) is 5.32 Å². The molecule has 3 N–H and O–H groups in total. The normalized spacial score (nSPS) is 12.5. The summed E-state index contributed by atoms with van der Waals surface area (Å²) in [5, 5.41) is 23.3. The Morgan fingerprint density at radius 2 is 0.586 bits per heavy atom. The molecule has 0 aliphatic heterocycles. The van der Waals surface area contributed by atoms with Gasteiger partial charge in [-0.3, -0.25) is 9.59 Å². The van der Waals surface area contributed by atoms with Gasteiger partial charge in [0.15, 0.2) is 0 Å². The SMILES string of the molecule is CCCCCCCCCCCCCCCCCCCC(=O)OCCCCCCCCCCCCCCCCCCCCCCC(=O)NC(CO)C(O)CCCCCCCCCCCCCCCCCC. The molecule has 0 aliphatic rings. The minimum absolute atomic E-state index is 0.0158. The smallest absolute Gasteiger partial charge is 0.305 e. The minimum Gasteiger partial charge on any atom is -0.466 e. The molecule has 0 rings (SSSR count). The lowest BCUT2D eigenvalue weighted by molar-refractivity contribution is -0.143. The molecule has 0 saturated heterocycles. The van der Waals surface area contributed by atoms with E-state index in [1.54, 1.807) is 0 Å². The second-order valence-electron chi connectivity index (χ2n) is 22.5. The maximum absolute atomic E-state index is 12.5. The maximum Gasteiger partial charge on any atom is 0.305 e. The number of unbranched alkanes of at least 4 members (excludes halogenated alkanes) is 50. The Bertz CT molecular complexity index is 1010. The summed E-state index contributed by atoms with van der Waals surface area (Å²) in [6.07, 6.45) is 71.2. The molecule has 2 atom stereocenters. The van der Waals surface area contributed by atoms with Crippen molar-refractivity contribution in [3.63, 3.8) is 0 Å². The van der Waals surface area contributed by atoms with E-state index in [1.807, 2.05) is 0 Å². The summed E-state index contributed by atoms with van der Waals surface area (Å²) in [5.41, 5.74) is 0. The van der Waals surface area contributed by atoms with Gasteiger partial charge in [-0.25, -0.2) is 0 Å². The molecule has 1 amide bonds. The van der Waals surface area contributed by atoms with Crippen LogP contribution in [0.5, 0.6) is 0 Å². The van der Waals surface area contributed by atoms with Crippen molar-refractivity contribution in [2.24, 2.45) is 0 Å². The maximum atomic E-state index is 12.5. The monoisotopic (exact) mass is 990 g/mol. The van der Waals surface area contributed by atoms with Gasteiger partial charge in [0.1, 0.15) is 0 Å². The number of ether oxygens (including phenoxy) is 1. The molecule has 2 unspecified atom stereocenters. The zero-order chi connectivity index (χ0) is 50.7. The first-order valence-electron chi connectivity index (χ1n) is 32.3. The largest absolute Gasteiger partial charge is 0.466 e. The van der Waals surface area contributed by atoms with Crippen LogP contribution in [0.25, 0.3) is 0 Å². The van der Waals surface area contributed by atoms with Crippen LogP contribution in [-0.4, -0.2) is 47.4 Å². The van der Waals surface area contributed by atoms with Gasteiger partial charge in [-0.05, 0) is 25.7 Å². The molecule has 0 bridgehead atoms. The topological polar surface area (TPSA) is 95.9 Å². The van der Waals surface area contributed by atoms with Crippen molar-refractivity contribution >= 4 is 11.9 Å². The second-order valence-corrected chi connectivity index (χ2v) is 22.5. The van der Waals surface area contributed by atoms with Gasteiger partial charge in [0.2, 0.25) is 5.91 Å². The number of aliphatic hydroxyl groups excluding tert-OH is 2. The molecular weight excluding hydrogens is 863 g/mol. The Labute approximate surface area is 438 Å². The van der Waals surface area contributed by atoms with Crippen LogP contribution in [0.4, 0.5) is 0 Å². The number of hydrogen-bond acceptors (Lipinski definition) is 5. The Balaban J connectivity index is 3.36. The highest BCUT2D eigenvalue weighted by Gasteiger charge is 2.20. The van der Waals surface area contributed by atoms with E-state index in [4.69, 9.17) is 4.74 Å². The number of nitrogens with one attached hydrogen (secondary N) is 1. The first-order chi connectivity index (χ1) is 34.5. The average Bonchev–Trinajstić information content (AvgIpc) is 3.36. The molecule has 0 aliphatic carbocycles. The molecular formula is C64H127NO5. The van der Waals surface area contributed by atoms with Crippen molar-refractivity contribution in [3.05, 3.63) is 0 Å². The van der Waals surface area contributed by atoms with E-state index in [0.29, 0.717) is 25.9 Å². The van der Waals surface area contributed by atoms with Crippen LogP contribution in [0.15, 0.2) is 0 Å². The van der Waals surface area contributed by atoms with Crippen LogP contribution in [0.1, 0.15) is 373 Å². The second kappa shape index (κ2) is 60.4. The highest BCUT2D eigenvalue weighted by Crippen LogP contribution is 2.19. The van der Waals surface area contributed by atoms with E-state index < -0.39 is 12.1 Å². The van der Waals surface area contributed by atoms with E-state index in [-0.39, 0.29) is 18.5 Å². The molecule has 6 heteroatoms. The fraction of sp³-hybridized carbons (Fsp3) is 0.969. The summed E-state index contributed by atoms with van der Waals surface area (Å²) in [6, 6.07) is -0.542. The fourth-order valence-corrected chi connectivity index (χ4v) is 10.5. The van der Waals surface area contributed by atoms with Crippen LogP contribution >= 0.6 is 0 Å². The first kappa shape index (κ1) is 68.9. The molecule has 6 nitrogen and oxygen atoms in total. The Morgan fingerprint density at radius 3 is 0.871 bits per heavy atom. The third-order valence-electron chi connectivity index (χ3n) is 15.4. The predicted octanol–water partition coefficient (Wildman–Crippen LogP) is 20.3. The minimum atomic E-state index is -0.664. The van der Waals surface area contributed by atoms with Gasteiger partial charge >= 0.3 is 5.97 Å². The number of rotatable bonds is 61. The van der Waals surface area contributed by atoms with Gasteiger partial charge in [-0.1, -0.05) is 335 Å². The van der Waals surface area contributed by atoms with Crippen molar-refractivity contribution in [3.8, 4) is 0 Å². The molecule has 70 heavy (non-hydrogen) atoms. The molecule has 418 valence electrons. The summed E-state index contributed by atoms with van der Waals surface area (Å²) < 4.78 is 5.50. The van der Waals surface area contributed by atoms with Crippen LogP contribution in [0, 0.1) is 0 Å². The van der Waals surface area contributed by atoms with Gasteiger partial charge in [-0.15, -0.1) is 0 Å². The summed E-state index contributed by atoms with van der Waals surface area (Å²) in [7, 11) is 0. The summed E-state index contributed by atoms with van der Waals surface area (Å²) in [6.45, 7) is 4.99. The standard InChI is InChI=1S/C64H127NO5/c1-3-5-7-9-11-13-15-17-19-25-30-34-38-42-46-50-54-58-64(69)70-59-55-51-47-43-39-35-31-27-24-22-21-23-26-29-33-37-41-45-49-53-57-63(68)65-61(60-66)62(67)56-52-48-44-40-36-32-28-20-18-16-14-12-10-8-6-4-2/h61-62,66-67H,3-60H2,1-2H3,(H,65,68). The van der Waals surface area contributed by atoms with Gasteiger partial charge in [0.25, 0.3) is 0 Å². The van der Waals surface area contributed by atoms with Gasteiger partial charge in [-0.2, -0.15) is 0 Å². The van der Waals surface area contributed by atoms with Crippen LogP contribution < -0.4 is 5.32 Å². The average molecular weight is 991 g/mol. The number of carbonyl (C=O) groups excluding carboxylic acids is 2. The molecule has 0 saturated carbocycles. The Hall–Kier alpha value is -1.14. The number of aliphatic hydroxyl groups is 2. The van der Waals surface area contributed by atoms with Gasteiger partial charge < -0.3 is 20.3 Å². The van der Waals surface area contributed by atoms with Crippen molar-refractivity contribution in [1.29, 1.82) is 0 Å². The summed E-state index contributed by atoms with van der Waals surface area (Å²) in [4.78, 5) is 24.6. The lowest BCUT2D eigenvalue weighted by Gasteiger charge is -2.22. The molecule has 0 heterocycles. The van der Waals surface area contributed by atoms with Crippen LogP contribution in [0.2, 0.25) is 0 Å².